The predicted molar refractivity (Wildman–Crippen MR) is 70.5 cm³/mol. The zero-order valence-corrected chi connectivity index (χ0v) is 10.5. The van der Waals surface area contributed by atoms with Crippen molar-refractivity contribution >= 4 is 5.95 Å². The molecule has 0 aliphatic rings. The van der Waals surface area contributed by atoms with Gasteiger partial charge in [0.05, 0.1) is 6.54 Å². The lowest BCUT2D eigenvalue weighted by molar-refractivity contribution is 0.197. The fourth-order valence-corrected chi connectivity index (χ4v) is 1.71. The SMILES string of the molecule is COCCCNc1nccn1Cc1ccncc1. The van der Waals surface area contributed by atoms with E-state index >= 15 is 0 Å². The van der Waals surface area contributed by atoms with Crippen LogP contribution in [0.5, 0.6) is 0 Å². The van der Waals surface area contributed by atoms with Crippen molar-refractivity contribution in [3.63, 3.8) is 0 Å². The van der Waals surface area contributed by atoms with Crippen molar-refractivity contribution in [2.45, 2.75) is 13.0 Å². The normalized spacial score (nSPS) is 10.5. The van der Waals surface area contributed by atoms with Crippen LogP contribution in [-0.2, 0) is 11.3 Å². The van der Waals surface area contributed by atoms with Crippen LogP contribution in [0.15, 0.2) is 36.9 Å². The van der Waals surface area contributed by atoms with Gasteiger partial charge in [0.15, 0.2) is 0 Å². The Balaban J connectivity index is 1.91. The second-order valence-corrected chi connectivity index (χ2v) is 4.01. The lowest BCUT2D eigenvalue weighted by Gasteiger charge is -2.09. The Kier molecular flexibility index (Phi) is 4.72. The highest BCUT2D eigenvalue weighted by Crippen LogP contribution is 2.08. The van der Waals surface area contributed by atoms with E-state index < -0.39 is 0 Å². The molecule has 0 aromatic carbocycles. The molecule has 1 N–H and O–H groups in total. The van der Waals surface area contributed by atoms with Gasteiger partial charge in [0.25, 0.3) is 0 Å². The predicted octanol–water partition coefficient (Wildman–Crippen LogP) is 1.77. The number of anilines is 1. The number of nitrogens with one attached hydrogen (secondary N) is 1. The molecule has 0 saturated carbocycles. The van der Waals surface area contributed by atoms with E-state index in [9.17, 15) is 0 Å². The Morgan fingerprint density at radius 3 is 2.89 bits per heavy atom. The number of imidazole rings is 1. The van der Waals surface area contributed by atoms with E-state index in [2.05, 4.69) is 19.9 Å². The summed E-state index contributed by atoms with van der Waals surface area (Å²) in [6.45, 7) is 2.42. The fourth-order valence-electron chi connectivity index (χ4n) is 1.71. The molecule has 0 aliphatic carbocycles. The van der Waals surface area contributed by atoms with E-state index in [1.807, 2.05) is 18.3 Å². The molecule has 0 atom stereocenters. The van der Waals surface area contributed by atoms with Gasteiger partial charge < -0.3 is 14.6 Å². The van der Waals surface area contributed by atoms with E-state index in [-0.39, 0.29) is 0 Å². The first-order valence-electron chi connectivity index (χ1n) is 6.03. The molecule has 0 unspecified atom stereocenters. The third-order valence-corrected chi connectivity index (χ3v) is 2.63. The smallest absolute Gasteiger partial charge is 0.203 e. The minimum absolute atomic E-state index is 0.762. The highest BCUT2D eigenvalue weighted by molar-refractivity contribution is 5.27. The van der Waals surface area contributed by atoms with Gasteiger partial charge in [-0.05, 0) is 24.1 Å². The molecule has 2 heterocycles. The molecule has 0 spiro atoms. The van der Waals surface area contributed by atoms with Crippen LogP contribution in [0.1, 0.15) is 12.0 Å². The Labute approximate surface area is 107 Å². The molecule has 5 heteroatoms. The van der Waals surface area contributed by atoms with Crippen molar-refractivity contribution in [1.82, 2.24) is 14.5 Å². The van der Waals surface area contributed by atoms with Crippen LogP contribution < -0.4 is 5.32 Å². The number of hydrogen-bond acceptors (Lipinski definition) is 4. The van der Waals surface area contributed by atoms with Crippen molar-refractivity contribution in [3.8, 4) is 0 Å². The molecule has 0 radical (unpaired) electrons. The molecule has 5 nitrogen and oxygen atoms in total. The van der Waals surface area contributed by atoms with E-state index in [4.69, 9.17) is 4.74 Å². The maximum absolute atomic E-state index is 5.01. The van der Waals surface area contributed by atoms with E-state index in [0.717, 1.165) is 32.1 Å². The van der Waals surface area contributed by atoms with Crippen LogP contribution in [0, 0.1) is 0 Å². The molecule has 2 rings (SSSR count). The molecular formula is C13H18N4O. The van der Waals surface area contributed by atoms with Gasteiger partial charge in [0.2, 0.25) is 5.95 Å². The fraction of sp³-hybridized carbons (Fsp3) is 0.385. The van der Waals surface area contributed by atoms with Crippen molar-refractivity contribution in [2.75, 3.05) is 25.6 Å². The molecule has 0 saturated heterocycles. The lowest BCUT2D eigenvalue weighted by Crippen LogP contribution is -2.10. The molecule has 0 amide bonds. The molecule has 96 valence electrons. The van der Waals surface area contributed by atoms with Crippen LogP contribution in [0.3, 0.4) is 0 Å². The van der Waals surface area contributed by atoms with Gasteiger partial charge in [0, 0.05) is 45.0 Å². The summed E-state index contributed by atoms with van der Waals surface area (Å²) < 4.78 is 7.10. The largest absolute Gasteiger partial charge is 0.385 e. The molecule has 0 bridgehead atoms. The maximum Gasteiger partial charge on any atom is 0.203 e. The lowest BCUT2D eigenvalue weighted by atomic mass is 10.3. The van der Waals surface area contributed by atoms with Gasteiger partial charge in [-0.3, -0.25) is 4.98 Å². The first-order valence-corrected chi connectivity index (χ1v) is 6.03. The molecular weight excluding hydrogens is 228 g/mol. The number of hydrogen-bond donors (Lipinski definition) is 1. The van der Waals surface area contributed by atoms with Crippen LogP contribution >= 0.6 is 0 Å². The number of rotatable bonds is 7. The maximum atomic E-state index is 5.01. The molecule has 18 heavy (non-hydrogen) atoms. The number of pyridine rings is 1. The summed E-state index contributed by atoms with van der Waals surface area (Å²) in [5.41, 5.74) is 1.21. The molecule has 2 aromatic heterocycles. The number of nitrogens with zero attached hydrogens (tertiary/aromatic N) is 3. The zero-order valence-electron chi connectivity index (χ0n) is 10.5. The molecule has 2 aromatic rings. The minimum Gasteiger partial charge on any atom is -0.385 e. The average molecular weight is 246 g/mol. The number of aromatic nitrogens is 3. The van der Waals surface area contributed by atoms with Gasteiger partial charge in [0.1, 0.15) is 0 Å². The van der Waals surface area contributed by atoms with Crippen molar-refractivity contribution in [2.24, 2.45) is 0 Å². The molecule has 0 fully saturated rings. The first kappa shape index (κ1) is 12.6. The molecule has 0 aliphatic heterocycles. The zero-order chi connectivity index (χ0) is 12.6. The number of ether oxygens (including phenoxy) is 1. The summed E-state index contributed by atoms with van der Waals surface area (Å²) in [7, 11) is 1.71. The van der Waals surface area contributed by atoms with Gasteiger partial charge >= 0.3 is 0 Å². The Morgan fingerprint density at radius 2 is 2.11 bits per heavy atom. The van der Waals surface area contributed by atoms with Crippen LogP contribution in [-0.4, -0.2) is 34.8 Å². The van der Waals surface area contributed by atoms with Crippen LogP contribution in [0.25, 0.3) is 0 Å². The summed E-state index contributed by atoms with van der Waals surface area (Å²) in [6, 6.07) is 4.02. The van der Waals surface area contributed by atoms with Crippen molar-refractivity contribution in [3.05, 3.63) is 42.5 Å². The summed E-state index contributed by atoms with van der Waals surface area (Å²) in [5, 5.41) is 3.30. The summed E-state index contributed by atoms with van der Waals surface area (Å²) >= 11 is 0. The highest BCUT2D eigenvalue weighted by atomic mass is 16.5. The quantitative estimate of drug-likeness (QED) is 0.757. The van der Waals surface area contributed by atoms with Gasteiger partial charge in [-0.2, -0.15) is 0 Å². The third-order valence-electron chi connectivity index (χ3n) is 2.63. The van der Waals surface area contributed by atoms with Crippen LogP contribution in [0.4, 0.5) is 5.95 Å². The summed E-state index contributed by atoms with van der Waals surface area (Å²) in [5.74, 6) is 0.892. The van der Waals surface area contributed by atoms with E-state index in [0.29, 0.717) is 0 Å². The second-order valence-electron chi connectivity index (χ2n) is 4.01. The first-order chi connectivity index (χ1) is 8.90. The monoisotopic (exact) mass is 246 g/mol. The topological polar surface area (TPSA) is 52.0 Å². The van der Waals surface area contributed by atoms with E-state index in [1.165, 1.54) is 5.56 Å². The van der Waals surface area contributed by atoms with Gasteiger partial charge in [-0.25, -0.2) is 4.98 Å². The second kappa shape index (κ2) is 6.76. The Morgan fingerprint density at radius 1 is 1.28 bits per heavy atom. The Hall–Kier alpha value is -1.88. The average Bonchev–Trinajstić information content (AvgIpc) is 2.83. The van der Waals surface area contributed by atoms with E-state index in [1.54, 1.807) is 25.7 Å². The summed E-state index contributed by atoms with van der Waals surface area (Å²) in [6.07, 6.45) is 8.35. The standard InChI is InChI=1S/C13H18N4O/c1-18-10-2-5-15-13-16-8-9-17(13)11-12-3-6-14-7-4-12/h3-4,6-9H,2,5,10-11H2,1H3,(H,15,16). The number of methoxy groups -OCH3 is 1. The minimum atomic E-state index is 0.762. The highest BCUT2D eigenvalue weighted by Gasteiger charge is 2.02. The third kappa shape index (κ3) is 3.56. The van der Waals surface area contributed by atoms with Crippen molar-refractivity contribution < 1.29 is 4.74 Å². The Bertz CT molecular complexity index is 455. The van der Waals surface area contributed by atoms with Crippen LogP contribution in [0.2, 0.25) is 0 Å². The van der Waals surface area contributed by atoms with Gasteiger partial charge in [-0.15, -0.1) is 0 Å². The van der Waals surface area contributed by atoms with Gasteiger partial charge in [-0.1, -0.05) is 0 Å². The summed E-state index contributed by atoms with van der Waals surface area (Å²) in [4.78, 5) is 8.32. The van der Waals surface area contributed by atoms with Crippen molar-refractivity contribution in [1.29, 1.82) is 0 Å².